The summed E-state index contributed by atoms with van der Waals surface area (Å²) in [5.41, 5.74) is 5.86. The third kappa shape index (κ3) is 3.03. The molecule has 2 unspecified atom stereocenters. The van der Waals surface area contributed by atoms with E-state index in [-0.39, 0.29) is 17.9 Å². The van der Waals surface area contributed by atoms with Gasteiger partial charge < -0.3 is 5.73 Å². The van der Waals surface area contributed by atoms with Gasteiger partial charge in [0, 0.05) is 12.5 Å². The summed E-state index contributed by atoms with van der Waals surface area (Å²) in [5, 5.41) is 10.3. The normalized spacial score (nSPS) is 27.7. The van der Waals surface area contributed by atoms with Crippen LogP contribution in [0.1, 0.15) is 32.1 Å². The molecule has 1 aliphatic rings. The molecular formula is C9H15N3O. The molecule has 0 aromatic carbocycles. The Bertz CT molecular complexity index is 221. The second-order valence-corrected chi connectivity index (χ2v) is 3.57. The second kappa shape index (κ2) is 4.83. The Morgan fingerprint density at radius 1 is 1.54 bits per heavy atom. The van der Waals surface area contributed by atoms with Crippen LogP contribution in [0.5, 0.6) is 0 Å². The lowest BCUT2D eigenvalue weighted by molar-refractivity contribution is -0.121. The predicted molar refractivity (Wildman–Crippen MR) is 48.3 cm³/mol. The lowest BCUT2D eigenvalue weighted by Crippen LogP contribution is -2.36. The highest BCUT2D eigenvalue weighted by atomic mass is 16.1. The van der Waals surface area contributed by atoms with Crippen LogP contribution < -0.4 is 11.1 Å². The van der Waals surface area contributed by atoms with Crippen molar-refractivity contribution in [2.75, 3.05) is 0 Å². The highest BCUT2D eigenvalue weighted by Crippen LogP contribution is 2.25. The Morgan fingerprint density at radius 2 is 2.23 bits per heavy atom. The quantitative estimate of drug-likeness (QED) is 0.480. The average molecular weight is 181 g/mol. The van der Waals surface area contributed by atoms with Gasteiger partial charge in [-0.2, -0.15) is 5.26 Å². The fourth-order valence-corrected chi connectivity index (χ4v) is 1.84. The molecule has 0 radical (unpaired) electrons. The summed E-state index contributed by atoms with van der Waals surface area (Å²) in [6.45, 7) is 0. The molecule has 1 fully saturated rings. The van der Waals surface area contributed by atoms with Crippen LogP contribution in [-0.4, -0.2) is 11.9 Å². The predicted octanol–water partition coefficient (Wildman–Crippen LogP) is 0.491. The zero-order valence-corrected chi connectivity index (χ0v) is 7.62. The van der Waals surface area contributed by atoms with E-state index in [2.05, 4.69) is 5.32 Å². The van der Waals surface area contributed by atoms with E-state index in [0.717, 1.165) is 25.7 Å². The number of rotatable bonds is 2. The fourth-order valence-electron chi connectivity index (χ4n) is 1.84. The maximum atomic E-state index is 11.1. The molecule has 4 nitrogen and oxygen atoms in total. The van der Waals surface area contributed by atoms with E-state index in [1.807, 2.05) is 0 Å². The molecule has 0 aliphatic heterocycles. The van der Waals surface area contributed by atoms with E-state index >= 15 is 0 Å². The molecule has 0 heterocycles. The molecule has 0 saturated heterocycles. The molecular weight excluding hydrogens is 166 g/mol. The molecule has 72 valence electrons. The fraction of sp³-hybridized carbons (Fsp3) is 0.778. The number of carbonyl (C=O) groups excluding carboxylic acids is 1. The van der Waals surface area contributed by atoms with Crippen LogP contribution in [0.2, 0.25) is 0 Å². The van der Waals surface area contributed by atoms with Gasteiger partial charge in [0.05, 0.1) is 0 Å². The van der Waals surface area contributed by atoms with Gasteiger partial charge in [0.15, 0.2) is 6.19 Å². The van der Waals surface area contributed by atoms with Crippen molar-refractivity contribution in [2.45, 2.75) is 38.1 Å². The standard InChI is InChI=1S/C9H15N3O/c10-6-12-9(13)5-7-3-1-2-4-8(7)11/h7-8H,1-5,11H2,(H,12,13). The molecule has 4 heteroatoms. The Hall–Kier alpha value is -1.08. The number of nitrogens with two attached hydrogens (primary N) is 1. The van der Waals surface area contributed by atoms with Crippen LogP contribution in [-0.2, 0) is 4.79 Å². The molecule has 0 spiro atoms. The van der Waals surface area contributed by atoms with Crippen molar-refractivity contribution in [3.05, 3.63) is 0 Å². The third-order valence-electron chi connectivity index (χ3n) is 2.61. The summed E-state index contributed by atoms with van der Waals surface area (Å²) in [6.07, 6.45) is 6.36. The van der Waals surface area contributed by atoms with E-state index in [1.165, 1.54) is 0 Å². The molecule has 13 heavy (non-hydrogen) atoms. The average Bonchev–Trinajstić information content (AvgIpc) is 2.09. The van der Waals surface area contributed by atoms with Gasteiger partial charge in [-0.15, -0.1) is 0 Å². The van der Waals surface area contributed by atoms with Crippen molar-refractivity contribution in [3.8, 4) is 6.19 Å². The molecule has 1 rings (SSSR count). The molecule has 2 atom stereocenters. The van der Waals surface area contributed by atoms with Crippen molar-refractivity contribution in [1.82, 2.24) is 5.32 Å². The van der Waals surface area contributed by atoms with Crippen LogP contribution in [0, 0.1) is 17.4 Å². The number of carbonyl (C=O) groups is 1. The van der Waals surface area contributed by atoms with Gasteiger partial charge in [0.25, 0.3) is 0 Å². The van der Waals surface area contributed by atoms with Crippen LogP contribution in [0.15, 0.2) is 0 Å². The van der Waals surface area contributed by atoms with E-state index in [0.29, 0.717) is 6.42 Å². The minimum Gasteiger partial charge on any atom is -0.327 e. The van der Waals surface area contributed by atoms with Crippen LogP contribution in [0.3, 0.4) is 0 Å². The summed E-state index contributed by atoms with van der Waals surface area (Å²) in [6, 6.07) is 0.137. The summed E-state index contributed by atoms with van der Waals surface area (Å²) in [5.74, 6) is 0.0620. The summed E-state index contributed by atoms with van der Waals surface area (Å²) in [4.78, 5) is 11.1. The lowest BCUT2D eigenvalue weighted by Gasteiger charge is -2.27. The second-order valence-electron chi connectivity index (χ2n) is 3.57. The van der Waals surface area contributed by atoms with Gasteiger partial charge in [-0.3, -0.25) is 10.1 Å². The monoisotopic (exact) mass is 181 g/mol. The molecule has 1 saturated carbocycles. The van der Waals surface area contributed by atoms with Gasteiger partial charge in [-0.1, -0.05) is 12.8 Å². The Kier molecular flexibility index (Phi) is 3.71. The summed E-state index contributed by atoms with van der Waals surface area (Å²) < 4.78 is 0. The van der Waals surface area contributed by atoms with E-state index in [4.69, 9.17) is 11.0 Å². The van der Waals surface area contributed by atoms with Crippen LogP contribution in [0.4, 0.5) is 0 Å². The Morgan fingerprint density at radius 3 is 2.85 bits per heavy atom. The Labute approximate surface area is 78.1 Å². The number of nitrogens with zero attached hydrogens (tertiary/aromatic N) is 1. The highest BCUT2D eigenvalue weighted by molar-refractivity contribution is 5.77. The van der Waals surface area contributed by atoms with Gasteiger partial charge >= 0.3 is 0 Å². The lowest BCUT2D eigenvalue weighted by atomic mass is 9.83. The van der Waals surface area contributed by atoms with E-state index < -0.39 is 0 Å². The molecule has 0 aromatic heterocycles. The van der Waals surface area contributed by atoms with E-state index in [9.17, 15) is 4.79 Å². The van der Waals surface area contributed by atoms with Crippen molar-refractivity contribution >= 4 is 5.91 Å². The number of amides is 1. The smallest absolute Gasteiger partial charge is 0.233 e. The molecule has 0 aromatic rings. The first kappa shape index (κ1) is 10.0. The zero-order chi connectivity index (χ0) is 9.68. The van der Waals surface area contributed by atoms with Gasteiger partial charge in [-0.25, -0.2) is 0 Å². The number of nitriles is 1. The van der Waals surface area contributed by atoms with Crippen LogP contribution in [0.25, 0.3) is 0 Å². The Balaban J connectivity index is 2.34. The highest BCUT2D eigenvalue weighted by Gasteiger charge is 2.23. The van der Waals surface area contributed by atoms with Crippen molar-refractivity contribution in [3.63, 3.8) is 0 Å². The largest absolute Gasteiger partial charge is 0.327 e. The maximum absolute atomic E-state index is 11.1. The summed E-state index contributed by atoms with van der Waals surface area (Å²) in [7, 11) is 0. The molecule has 1 aliphatic carbocycles. The van der Waals surface area contributed by atoms with Crippen molar-refractivity contribution in [1.29, 1.82) is 5.26 Å². The SMILES string of the molecule is N#CNC(=O)CC1CCCCC1N. The first-order valence-corrected chi connectivity index (χ1v) is 4.67. The first-order valence-electron chi connectivity index (χ1n) is 4.67. The van der Waals surface area contributed by atoms with Crippen molar-refractivity contribution in [2.24, 2.45) is 11.7 Å². The van der Waals surface area contributed by atoms with Gasteiger partial charge in [-0.05, 0) is 18.8 Å². The summed E-state index contributed by atoms with van der Waals surface area (Å²) >= 11 is 0. The number of hydrogen-bond donors (Lipinski definition) is 2. The minimum absolute atomic E-state index is 0.137. The first-order chi connectivity index (χ1) is 6.24. The molecule has 3 N–H and O–H groups in total. The zero-order valence-electron chi connectivity index (χ0n) is 7.62. The topological polar surface area (TPSA) is 78.9 Å². The number of hydrogen-bond acceptors (Lipinski definition) is 3. The van der Waals surface area contributed by atoms with Gasteiger partial charge in [0.2, 0.25) is 5.91 Å². The van der Waals surface area contributed by atoms with Crippen LogP contribution >= 0.6 is 0 Å². The minimum atomic E-state index is -0.204. The van der Waals surface area contributed by atoms with Gasteiger partial charge in [0.1, 0.15) is 0 Å². The number of nitrogens with one attached hydrogen (secondary N) is 1. The molecule has 0 bridgehead atoms. The molecule has 1 amide bonds. The third-order valence-corrected chi connectivity index (χ3v) is 2.61. The van der Waals surface area contributed by atoms with Crippen molar-refractivity contribution < 1.29 is 4.79 Å². The maximum Gasteiger partial charge on any atom is 0.233 e. The van der Waals surface area contributed by atoms with E-state index in [1.54, 1.807) is 6.19 Å².